The molecule has 0 unspecified atom stereocenters. The van der Waals surface area contributed by atoms with Gasteiger partial charge in [-0.3, -0.25) is 0 Å². The van der Waals surface area contributed by atoms with Gasteiger partial charge in [0, 0.05) is 13.2 Å². The number of rotatable bonds is 10. The Morgan fingerprint density at radius 1 is 1.00 bits per heavy atom. The summed E-state index contributed by atoms with van der Waals surface area (Å²) in [6, 6.07) is 0. The Morgan fingerprint density at radius 2 is 1.60 bits per heavy atom. The molecular weight excluding hydrogens is 188 g/mol. The highest BCUT2D eigenvalue weighted by Crippen LogP contribution is 1.97. The molecule has 0 heterocycles. The zero-order valence-electron chi connectivity index (χ0n) is 10.1. The van der Waals surface area contributed by atoms with Gasteiger partial charge in [0.1, 0.15) is 0 Å². The average molecular weight is 212 g/mol. The second-order valence-electron chi connectivity index (χ2n) is 3.78. The standard InChI is InChI=1S/C13H24O2/c1-4-9-14-10-6-5-7-11-15-12-8-13(2)3/h4,8H,1,5-7,9-12H2,2-3H3. The van der Waals surface area contributed by atoms with Crippen molar-refractivity contribution in [3.05, 3.63) is 24.3 Å². The van der Waals surface area contributed by atoms with E-state index in [9.17, 15) is 0 Å². The maximum atomic E-state index is 5.44. The molecule has 0 N–H and O–H groups in total. The topological polar surface area (TPSA) is 18.5 Å². The van der Waals surface area contributed by atoms with Crippen molar-refractivity contribution < 1.29 is 9.47 Å². The van der Waals surface area contributed by atoms with E-state index < -0.39 is 0 Å². The Bertz CT molecular complexity index is 169. The molecule has 0 aliphatic heterocycles. The van der Waals surface area contributed by atoms with Gasteiger partial charge in [0.05, 0.1) is 13.2 Å². The van der Waals surface area contributed by atoms with Crippen LogP contribution in [0.4, 0.5) is 0 Å². The van der Waals surface area contributed by atoms with Crippen LogP contribution in [0, 0.1) is 0 Å². The second kappa shape index (κ2) is 11.5. The lowest BCUT2D eigenvalue weighted by molar-refractivity contribution is 0.140. The van der Waals surface area contributed by atoms with Gasteiger partial charge in [-0.15, -0.1) is 6.58 Å². The molecular formula is C13H24O2. The smallest absolute Gasteiger partial charge is 0.0649 e. The molecule has 0 fully saturated rings. The van der Waals surface area contributed by atoms with Crippen LogP contribution >= 0.6 is 0 Å². The summed E-state index contributed by atoms with van der Waals surface area (Å²) in [5.74, 6) is 0. The molecule has 0 rings (SSSR count). The first-order chi connectivity index (χ1) is 7.27. The van der Waals surface area contributed by atoms with Crippen LogP contribution < -0.4 is 0 Å². The van der Waals surface area contributed by atoms with Crippen molar-refractivity contribution in [2.45, 2.75) is 33.1 Å². The van der Waals surface area contributed by atoms with Gasteiger partial charge in [0.25, 0.3) is 0 Å². The van der Waals surface area contributed by atoms with Crippen molar-refractivity contribution in [2.24, 2.45) is 0 Å². The van der Waals surface area contributed by atoms with Crippen molar-refractivity contribution in [3.63, 3.8) is 0 Å². The van der Waals surface area contributed by atoms with Crippen LogP contribution in [-0.4, -0.2) is 26.4 Å². The first-order valence-corrected chi connectivity index (χ1v) is 5.67. The van der Waals surface area contributed by atoms with Crippen LogP contribution in [0.3, 0.4) is 0 Å². The molecule has 88 valence electrons. The lowest BCUT2D eigenvalue weighted by Crippen LogP contribution is -1.98. The van der Waals surface area contributed by atoms with E-state index in [2.05, 4.69) is 26.5 Å². The summed E-state index contributed by atoms with van der Waals surface area (Å²) in [7, 11) is 0. The van der Waals surface area contributed by atoms with Crippen molar-refractivity contribution in [1.29, 1.82) is 0 Å². The Balaban J connectivity index is 2.99. The van der Waals surface area contributed by atoms with E-state index >= 15 is 0 Å². The third kappa shape index (κ3) is 13.4. The zero-order chi connectivity index (χ0) is 11.4. The Kier molecular flexibility index (Phi) is 11.0. The summed E-state index contributed by atoms with van der Waals surface area (Å²) in [6.07, 6.45) is 7.29. The van der Waals surface area contributed by atoms with E-state index in [1.807, 2.05) is 0 Å². The number of hydrogen-bond donors (Lipinski definition) is 0. The van der Waals surface area contributed by atoms with Gasteiger partial charge in [0.15, 0.2) is 0 Å². The van der Waals surface area contributed by atoms with E-state index in [1.54, 1.807) is 6.08 Å². The normalized spacial score (nSPS) is 10.0. The van der Waals surface area contributed by atoms with Gasteiger partial charge < -0.3 is 9.47 Å². The number of allylic oxidation sites excluding steroid dienone is 1. The Hall–Kier alpha value is -0.600. The van der Waals surface area contributed by atoms with Crippen molar-refractivity contribution in [3.8, 4) is 0 Å². The van der Waals surface area contributed by atoms with Crippen LogP contribution in [0.25, 0.3) is 0 Å². The third-order valence-electron chi connectivity index (χ3n) is 1.92. The van der Waals surface area contributed by atoms with E-state index in [0.29, 0.717) is 6.61 Å². The number of hydrogen-bond acceptors (Lipinski definition) is 2. The minimum absolute atomic E-state index is 0.664. The summed E-state index contributed by atoms with van der Waals surface area (Å²) >= 11 is 0. The van der Waals surface area contributed by atoms with Crippen LogP contribution in [0.1, 0.15) is 33.1 Å². The van der Waals surface area contributed by atoms with Gasteiger partial charge in [0.2, 0.25) is 0 Å². The monoisotopic (exact) mass is 212 g/mol. The quantitative estimate of drug-likeness (QED) is 0.408. The minimum Gasteiger partial charge on any atom is -0.377 e. The summed E-state index contributed by atoms with van der Waals surface area (Å²) in [5, 5.41) is 0. The molecule has 0 atom stereocenters. The fraction of sp³-hybridized carbons (Fsp3) is 0.692. The Morgan fingerprint density at radius 3 is 2.13 bits per heavy atom. The van der Waals surface area contributed by atoms with Crippen LogP contribution in [-0.2, 0) is 9.47 Å². The minimum atomic E-state index is 0.664. The second-order valence-corrected chi connectivity index (χ2v) is 3.78. The van der Waals surface area contributed by atoms with Gasteiger partial charge in [-0.2, -0.15) is 0 Å². The highest BCUT2D eigenvalue weighted by Gasteiger charge is 1.90. The van der Waals surface area contributed by atoms with E-state index in [0.717, 1.165) is 32.7 Å². The van der Waals surface area contributed by atoms with Crippen LogP contribution in [0.2, 0.25) is 0 Å². The highest BCUT2D eigenvalue weighted by atomic mass is 16.5. The van der Waals surface area contributed by atoms with Crippen molar-refractivity contribution in [2.75, 3.05) is 26.4 Å². The third-order valence-corrected chi connectivity index (χ3v) is 1.92. The zero-order valence-corrected chi connectivity index (χ0v) is 10.1. The number of ether oxygens (including phenoxy) is 2. The molecule has 0 spiro atoms. The molecule has 0 aliphatic rings. The van der Waals surface area contributed by atoms with Gasteiger partial charge in [-0.1, -0.05) is 17.7 Å². The molecule has 0 radical (unpaired) electrons. The lowest BCUT2D eigenvalue weighted by atomic mass is 10.2. The summed E-state index contributed by atoms with van der Waals surface area (Å²) in [5.41, 5.74) is 1.31. The first-order valence-electron chi connectivity index (χ1n) is 5.67. The average Bonchev–Trinajstić information content (AvgIpc) is 2.20. The molecule has 0 bridgehead atoms. The van der Waals surface area contributed by atoms with Crippen LogP contribution in [0.15, 0.2) is 24.3 Å². The molecule has 2 heteroatoms. The molecule has 15 heavy (non-hydrogen) atoms. The fourth-order valence-electron chi connectivity index (χ4n) is 1.06. The summed E-state index contributed by atoms with van der Waals surface area (Å²) in [6.45, 7) is 10.9. The predicted octanol–water partition coefficient (Wildman–Crippen LogP) is 3.34. The SMILES string of the molecule is C=CCOCCCCCOCC=C(C)C. The highest BCUT2D eigenvalue weighted by molar-refractivity contribution is 4.92. The summed E-state index contributed by atoms with van der Waals surface area (Å²) in [4.78, 5) is 0. The molecule has 0 saturated heterocycles. The van der Waals surface area contributed by atoms with Crippen molar-refractivity contribution >= 4 is 0 Å². The molecule has 0 aromatic carbocycles. The largest absolute Gasteiger partial charge is 0.377 e. The lowest BCUT2D eigenvalue weighted by Gasteiger charge is -2.02. The van der Waals surface area contributed by atoms with Crippen LogP contribution in [0.5, 0.6) is 0 Å². The summed E-state index contributed by atoms with van der Waals surface area (Å²) < 4.78 is 10.7. The molecule has 0 saturated carbocycles. The molecule has 0 aromatic rings. The molecule has 0 aliphatic carbocycles. The number of unbranched alkanes of at least 4 members (excludes halogenated alkanes) is 2. The molecule has 0 aromatic heterocycles. The maximum absolute atomic E-state index is 5.44. The predicted molar refractivity (Wildman–Crippen MR) is 65.1 cm³/mol. The fourth-order valence-corrected chi connectivity index (χ4v) is 1.06. The van der Waals surface area contributed by atoms with Gasteiger partial charge >= 0.3 is 0 Å². The van der Waals surface area contributed by atoms with Gasteiger partial charge in [-0.25, -0.2) is 0 Å². The maximum Gasteiger partial charge on any atom is 0.0649 e. The molecule has 2 nitrogen and oxygen atoms in total. The van der Waals surface area contributed by atoms with E-state index in [-0.39, 0.29) is 0 Å². The molecule has 0 amide bonds. The van der Waals surface area contributed by atoms with E-state index in [4.69, 9.17) is 9.47 Å². The van der Waals surface area contributed by atoms with Gasteiger partial charge in [-0.05, 0) is 33.1 Å². The van der Waals surface area contributed by atoms with E-state index in [1.165, 1.54) is 12.0 Å². The van der Waals surface area contributed by atoms with Crippen molar-refractivity contribution in [1.82, 2.24) is 0 Å². The first kappa shape index (κ1) is 14.4. The Labute approximate surface area is 94.0 Å².